The number of nitrogens with one attached hydrogen (secondary N) is 3. The first-order valence-electron chi connectivity index (χ1n) is 7.59. The molecule has 1 aromatic heterocycles. The summed E-state index contributed by atoms with van der Waals surface area (Å²) in [6.07, 6.45) is 1.35. The summed E-state index contributed by atoms with van der Waals surface area (Å²) in [7, 11) is 0. The monoisotopic (exact) mass is 347 g/mol. The molecule has 8 heteroatoms. The Balaban J connectivity index is 1.69. The standard InChI is InChI=1S/C17H18FN3O4/c1-11(12-4-6-13(18)7-5-12)21-16(23)10-19-15(22)9-20-17(24)14-3-2-8-25-14/h2-8,11H,9-10H2,1H3,(H,19,22)(H,20,24)(H,21,23)/t11-/m1/s1. The quantitative estimate of drug-likeness (QED) is 0.699. The van der Waals surface area contributed by atoms with Crippen molar-refractivity contribution in [2.75, 3.05) is 13.1 Å². The largest absolute Gasteiger partial charge is 0.459 e. The van der Waals surface area contributed by atoms with Crippen LogP contribution in [0.1, 0.15) is 29.1 Å². The van der Waals surface area contributed by atoms with Crippen LogP contribution in [0.25, 0.3) is 0 Å². The van der Waals surface area contributed by atoms with E-state index in [1.807, 2.05) is 0 Å². The van der Waals surface area contributed by atoms with Gasteiger partial charge in [-0.05, 0) is 36.8 Å². The normalized spacial score (nSPS) is 11.4. The molecule has 0 aliphatic carbocycles. The second-order valence-electron chi connectivity index (χ2n) is 5.28. The van der Waals surface area contributed by atoms with Crippen molar-refractivity contribution < 1.29 is 23.2 Å². The van der Waals surface area contributed by atoms with Crippen LogP contribution >= 0.6 is 0 Å². The van der Waals surface area contributed by atoms with Crippen molar-refractivity contribution >= 4 is 17.7 Å². The van der Waals surface area contributed by atoms with Gasteiger partial charge < -0.3 is 20.4 Å². The summed E-state index contributed by atoms with van der Waals surface area (Å²) in [5.41, 5.74) is 0.742. The average Bonchev–Trinajstić information content (AvgIpc) is 3.13. The van der Waals surface area contributed by atoms with Crippen molar-refractivity contribution in [1.29, 1.82) is 0 Å². The molecule has 1 aromatic carbocycles. The van der Waals surface area contributed by atoms with E-state index in [1.54, 1.807) is 25.1 Å². The van der Waals surface area contributed by atoms with Gasteiger partial charge in [-0.3, -0.25) is 14.4 Å². The highest BCUT2D eigenvalue weighted by molar-refractivity contribution is 5.94. The Morgan fingerprint density at radius 3 is 2.36 bits per heavy atom. The molecule has 3 amide bonds. The minimum absolute atomic E-state index is 0.0960. The van der Waals surface area contributed by atoms with Crippen molar-refractivity contribution in [2.45, 2.75) is 13.0 Å². The Morgan fingerprint density at radius 2 is 1.72 bits per heavy atom. The summed E-state index contributed by atoms with van der Waals surface area (Å²) in [5.74, 6) is -1.69. The van der Waals surface area contributed by atoms with E-state index < -0.39 is 17.7 Å². The molecule has 25 heavy (non-hydrogen) atoms. The van der Waals surface area contributed by atoms with E-state index in [9.17, 15) is 18.8 Å². The van der Waals surface area contributed by atoms with Gasteiger partial charge in [-0.1, -0.05) is 12.1 Å². The molecule has 132 valence electrons. The molecule has 7 nitrogen and oxygen atoms in total. The van der Waals surface area contributed by atoms with Crippen molar-refractivity contribution in [3.63, 3.8) is 0 Å². The predicted octanol–water partition coefficient (Wildman–Crippen LogP) is 1.14. The molecule has 0 aliphatic rings. The molecular formula is C17H18FN3O4. The van der Waals surface area contributed by atoms with Crippen molar-refractivity contribution in [3.8, 4) is 0 Å². The summed E-state index contributed by atoms with van der Waals surface area (Å²) < 4.78 is 17.8. The lowest BCUT2D eigenvalue weighted by Gasteiger charge is -2.14. The van der Waals surface area contributed by atoms with Crippen LogP contribution in [0.2, 0.25) is 0 Å². The molecule has 0 saturated heterocycles. The zero-order valence-electron chi connectivity index (χ0n) is 13.5. The van der Waals surface area contributed by atoms with E-state index in [0.717, 1.165) is 5.56 Å². The van der Waals surface area contributed by atoms with E-state index in [0.29, 0.717) is 0 Å². The summed E-state index contributed by atoms with van der Waals surface area (Å²) in [6.45, 7) is 1.23. The van der Waals surface area contributed by atoms with Gasteiger partial charge in [0.05, 0.1) is 25.4 Å². The summed E-state index contributed by atoms with van der Waals surface area (Å²) >= 11 is 0. The van der Waals surface area contributed by atoms with Gasteiger partial charge in [0.15, 0.2) is 5.76 Å². The maximum Gasteiger partial charge on any atom is 0.287 e. The van der Waals surface area contributed by atoms with Crippen molar-refractivity contribution in [2.24, 2.45) is 0 Å². The highest BCUT2D eigenvalue weighted by Gasteiger charge is 2.13. The Labute approximate surface area is 143 Å². The Morgan fingerprint density at radius 1 is 1.04 bits per heavy atom. The van der Waals surface area contributed by atoms with Gasteiger partial charge in [-0.25, -0.2) is 4.39 Å². The van der Waals surface area contributed by atoms with Gasteiger partial charge in [0.25, 0.3) is 5.91 Å². The number of rotatable bonds is 7. The van der Waals surface area contributed by atoms with E-state index in [2.05, 4.69) is 16.0 Å². The third kappa shape index (κ3) is 5.76. The maximum atomic E-state index is 12.9. The first-order valence-corrected chi connectivity index (χ1v) is 7.59. The Kier molecular flexibility index (Phi) is 6.27. The third-order valence-corrected chi connectivity index (χ3v) is 3.35. The minimum Gasteiger partial charge on any atom is -0.459 e. The highest BCUT2D eigenvalue weighted by atomic mass is 19.1. The number of amides is 3. The van der Waals surface area contributed by atoms with Gasteiger partial charge in [-0.15, -0.1) is 0 Å². The number of benzene rings is 1. The fourth-order valence-electron chi connectivity index (χ4n) is 2.02. The average molecular weight is 347 g/mol. The lowest BCUT2D eigenvalue weighted by molar-refractivity contribution is -0.125. The number of hydrogen-bond acceptors (Lipinski definition) is 4. The van der Waals surface area contributed by atoms with Gasteiger partial charge in [-0.2, -0.15) is 0 Å². The predicted molar refractivity (Wildman–Crippen MR) is 87.0 cm³/mol. The molecule has 0 aliphatic heterocycles. The van der Waals surface area contributed by atoms with Crippen molar-refractivity contribution in [1.82, 2.24) is 16.0 Å². The van der Waals surface area contributed by atoms with Crippen LogP contribution in [-0.2, 0) is 9.59 Å². The second-order valence-corrected chi connectivity index (χ2v) is 5.28. The SMILES string of the molecule is C[C@@H](NC(=O)CNC(=O)CNC(=O)c1ccco1)c1ccc(F)cc1. The van der Waals surface area contributed by atoms with Crippen LogP contribution in [0.3, 0.4) is 0 Å². The van der Waals surface area contributed by atoms with Gasteiger partial charge in [0, 0.05) is 0 Å². The molecule has 0 unspecified atom stereocenters. The second kappa shape index (κ2) is 8.62. The van der Waals surface area contributed by atoms with Crippen LogP contribution in [0.15, 0.2) is 47.1 Å². The number of halogens is 1. The first-order chi connectivity index (χ1) is 12.0. The molecular weight excluding hydrogens is 329 g/mol. The van der Waals surface area contributed by atoms with Crippen LogP contribution in [0.4, 0.5) is 4.39 Å². The van der Waals surface area contributed by atoms with Gasteiger partial charge in [0.1, 0.15) is 5.82 Å². The smallest absolute Gasteiger partial charge is 0.287 e. The molecule has 0 bridgehead atoms. The molecule has 0 saturated carbocycles. The van der Waals surface area contributed by atoms with Crippen LogP contribution in [-0.4, -0.2) is 30.8 Å². The first kappa shape index (κ1) is 18.2. The molecule has 1 heterocycles. The molecule has 3 N–H and O–H groups in total. The van der Waals surface area contributed by atoms with E-state index in [4.69, 9.17) is 4.42 Å². The van der Waals surface area contributed by atoms with E-state index in [1.165, 1.54) is 24.5 Å². The summed E-state index contributed by atoms with van der Waals surface area (Å²) in [6, 6.07) is 8.46. The number of hydrogen-bond donors (Lipinski definition) is 3. The zero-order chi connectivity index (χ0) is 18.2. The molecule has 2 aromatic rings. The number of carbonyl (C=O) groups is 3. The van der Waals surface area contributed by atoms with Crippen LogP contribution in [0.5, 0.6) is 0 Å². The topological polar surface area (TPSA) is 100 Å². The summed E-state index contributed by atoms with van der Waals surface area (Å²) in [5, 5.41) is 7.44. The molecule has 0 spiro atoms. The lowest BCUT2D eigenvalue weighted by atomic mass is 10.1. The fraction of sp³-hybridized carbons (Fsp3) is 0.235. The Bertz CT molecular complexity index is 729. The molecule has 2 rings (SSSR count). The van der Waals surface area contributed by atoms with Gasteiger partial charge in [0.2, 0.25) is 11.8 Å². The molecule has 0 fully saturated rings. The number of furan rings is 1. The number of carbonyl (C=O) groups excluding carboxylic acids is 3. The molecule has 0 radical (unpaired) electrons. The van der Waals surface area contributed by atoms with E-state index in [-0.39, 0.29) is 30.7 Å². The van der Waals surface area contributed by atoms with Crippen LogP contribution in [0, 0.1) is 5.82 Å². The van der Waals surface area contributed by atoms with Crippen molar-refractivity contribution in [3.05, 3.63) is 59.8 Å². The van der Waals surface area contributed by atoms with E-state index >= 15 is 0 Å². The van der Waals surface area contributed by atoms with Gasteiger partial charge >= 0.3 is 0 Å². The summed E-state index contributed by atoms with van der Waals surface area (Å²) in [4.78, 5) is 35.0. The maximum absolute atomic E-state index is 12.9. The van der Waals surface area contributed by atoms with Crippen LogP contribution < -0.4 is 16.0 Å². The fourth-order valence-corrected chi connectivity index (χ4v) is 2.02. The third-order valence-electron chi connectivity index (χ3n) is 3.35. The highest BCUT2D eigenvalue weighted by Crippen LogP contribution is 2.12. The minimum atomic E-state index is -0.519. The Hall–Kier alpha value is -3.16. The zero-order valence-corrected chi connectivity index (χ0v) is 13.5. The molecule has 1 atom stereocenters. The lowest BCUT2D eigenvalue weighted by Crippen LogP contribution is -2.42.